The number of rotatable bonds is 4. The number of nitrogens with zero attached hydrogens (tertiary/aromatic N) is 4. The molecule has 5 nitrogen and oxygen atoms in total. The second-order valence-electron chi connectivity index (χ2n) is 6.94. The van der Waals surface area contributed by atoms with Crippen molar-refractivity contribution in [1.82, 2.24) is 19.1 Å². The highest BCUT2D eigenvalue weighted by Crippen LogP contribution is 2.27. The molecule has 0 aliphatic heterocycles. The molecule has 0 saturated carbocycles. The molecule has 1 unspecified atom stereocenters. The van der Waals surface area contributed by atoms with Gasteiger partial charge in [-0.1, -0.05) is 30.3 Å². The van der Waals surface area contributed by atoms with E-state index in [0.29, 0.717) is 0 Å². The number of hydrogen-bond donors (Lipinski definition) is 1. The van der Waals surface area contributed by atoms with E-state index in [1.807, 2.05) is 41.9 Å². The lowest BCUT2D eigenvalue weighted by atomic mass is 10.1. The molecule has 3 aromatic rings. The topological polar surface area (TPSA) is 55.6 Å². The minimum absolute atomic E-state index is 0.0219. The molecule has 0 aliphatic rings. The Bertz CT molecular complexity index is 814. The van der Waals surface area contributed by atoms with Crippen molar-refractivity contribution < 1.29 is 0 Å². The fourth-order valence-corrected chi connectivity index (χ4v) is 3.17. The number of benzene rings is 1. The maximum atomic E-state index is 4.64. The van der Waals surface area contributed by atoms with Gasteiger partial charge < -0.3 is 5.32 Å². The van der Waals surface area contributed by atoms with Gasteiger partial charge in [-0.3, -0.25) is 4.68 Å². The van der Waals surface area contributed by atoms with Crippen LogP contribution in [-0.2, 0) is 5.54 Å². The maximum Gasteiger partial charge on any atom is 0.203 e. The van der Waals surface area contributed by atoms with E-state index < -0.39 is 0 Å². The lowest BCUT2D eigenvalue weighted by Gasteiger charge is -2.19. The normalized spacial score (nSPS) is 13.0. The van der Waals surface area contributed by atoms with Crippen molar-refractivity contribution in [3.63, 3.8) is 0 Å². The average Bonchev–Trinajstić information content (AvgIpc) is 3.14. The zero-order valence-corrected chi connectivity index (χ0v) is 15.6. The zero-order valence-electron chi connectivity index (χ0n) is 14.7. The van der Waals surface area contributed by atoms with E-state index in [9.17, 15) is 0 Å². The third-order valence-electron chi connectivity index (χ3n) is 3.89. The summed E-state index contributed by atoms with van der Waals surface area (Å²) in [5.41, 5.74) is 3.23. The second kappa shape index (κ2) is 6.36. The van der Waals surface area contributed by atoms with Gasteiger partial charge in [0.1, 0.15) is 0 Å². The summed E-state index contributed by atoms with van der Waals surface area (Å²) in [6.45, 7) is 10.6. The summed E-state index contributed by atoms with van der Waals surface area (Å²) >= 11 is 1.39. The summed E-state index contributed by atoms with van der Waals surface area (Å²) in [5.74, 6) is 0.761. The Morgan fingerprint density at radius 3 is 2.50 bits per heavy atom. The lowest BCUT2D eigenvalue weighted by molar-refractivity contribution is 0.354. The van der Waals surface area contributed by atoms with Gasteiger partial charge >= 0.3 is 0 Å². The van der Waals surface area contributed by atoms with Crippen LogP contribution in [0, 0.1) is 6.92 Å². The summed E-state index contributed by atoms with van der Waals surface area (Å²) in [7, 11) is 0. The fourth-order valence-electron chi connectivity index (χ4n) is 2.49. The van der Waals surface area contributed by atoms with E-state index in [4.69, 9.17) is 0 Å². The molecule has 0 aliphatic carbocycles. The van der Waals surface area contributed by atoms with Gasteiger partial charge in [-0.05, 0) is 34.6 Å². The molecule has 2 heterocycles. The van der Waals surface area contributed by atoms with E-state index in [1.54, 1.807) is 0 Å². The first-order valence-corrected chi connectivity index (χ1v) is 8.84. The summed E-state index contributed by atoms with van der Waals surface area (Å²) in [6, 6.07) is 10.1. The third-order valence-corrected chi connectivity index (χ3v) is 4.53. The Kier molecular flexibility index (Phi) is 4.41. The molecule has 0 radical (unpaired) electrons. The summed E-state index contributed by atoms with van der Waals surface area (Å²) in [5, 5.41) is 8.91. The van der Waals surface area contributed by atoms with Crippen molar-refractivity contribution >= 4 is 16.7 Å². The van der Waals surface area contributed by atoms with Crippen molar-refractivity contribution in [3.05, 3.63) is 47.8 Å². The largest absolute Gasteiger partial charge is 0.354 e. The highest BCUT2D eigenvalue weighted by Gasteiger charge is 2.20. The van der Waals surface area contributed by atoms with Crippen LogP contribution in [0.1, 0.15) is 45.0 Å². The first kappa shape index (κ1) is 16.6. The van der Waals surface area contributed by atoms with Crippen LogP contribution in [0.25, 0.3) is 11.4 Å². The molecule has 126 valence electrons. The van der Waals surface area contributed by atoms with Gasteiger partial charge in [-0.25, -0.2) is 0 Å². The molecule has 0 fully saturated rings. The lowest BCUT2D eigenvalue weighted by Crippen LogP contribution is -2.22. The highest BCUT2D eigenvalue weighted by atomic mass is 32.1. The molecule has 3 rings (SSSR count). The minimum atomic E-state index is -0.0219. The van der Waals surface area contributed by atoms with Crippen molar-refractivity contribution in [2.45, 2.75) is 46.2 Å². The molecule has 1 aromatic carbocycles. The Morgan fingerprint density at radius 2 is 1.88 bits per heavy atom. The molecule has 6 heteroatoms. The third kappa shape index (κ3) is 3.48. The van der Waals surface area contributed by atoms with Gasteiger partial charge in [0.15, 0.2) is 5.82 Å². The van der Waals surface area contributed by atoms with Crippen LogP contribution < -0.4 is 5.32 Å². The monoisotopic (exact) mass is 341 g/mol. The van der Waals surface area contributed by atoms with E-state index in [2.05, 4.69) is 53.7 Å². The van der Waals surface area contributed by atoms with Gasteiger partial charge in [-0.2, -0.15) is 14.5 Å². The molecular formula is C18H23N5S. The zero-order chi connectivity index (χ0) is 17.3. The molecular weight excluding hydrogens is 318 g/mol. The Labute approximate surface area is 146 Å². The number of aryl methyl sites for hydroxylation is 1. The summed E-state index contributed by atoms with van der Waals surface area (Å²) in [6.07, 6.45) is 2.12. The van der Waals surface area contributed by atoms with E-state index in [1.165, 1.54) is 17.1 Å². The SMILES string of the molecule is Cc1nn(C(C)(C)C)cc1C(C)Nc1nc(-c2ccccc2)ns1. The number of anilines is 1. The van der Waals surface area contributed by atoms with Crippen LogP contribution in [0.15, 0.2) is 36.5 Å². The standard InChI is InChI=1S/C18H23N5S/c1-12(15-11-23(18(3,4)5)21-13(15)2)19-17-20-16(22-24-17)14-9-7-6-8-10-14/h6-12H,1-5H3,(H,19,20,22). The van der Waals surface area contributed by atoms with Gasteiger partial charge in [0.05, 0.1) is 17.3 Å². The fraction of sp³-hybridized carbons (Fsp3) is 0.389. The van der Waals surface area contributed by atoms with Crippen LogP contribution in [0.2, 0.25) is 0 Å². The predicted molar refractivity (Wildman–Crippen MR) is 99.3 cm³/mol. The van der Waals surface area contributed by atoms with Crippen molar-refractivity contribution in [1.29, 1.82) is 0 Å². The summed E-state index contributed by atoms with van der Waals surface area (Å²) < 4.78 is 6.47. The van der Waals surface area contributed by atoms with Crippen LogP contribution in [0.4, 0.5) is 5.13 Å². The summed E-state index contributed by atoms with van der Waals surface area (Å²) in [4.78, 5) is 4.60. The highest BCUT2D eigenvalue weighted by molar-refractivity contribution is 7.09. The molecule has 24 heavy (non-hydrogen) atoms. The van der Waals surface area contributed by atoms with Crippen LogP contribution in [-0.4, -0.2) is 19.1 Å². The molecule has 0 amide bonds. The molecule has 0 saturated heterocycles. The minimum Gasteiger partial charge on any atom is -0.354 e. The Morgan fingerprint density at radius 1 is 1.17 bits per heavy atom. The smallest absolute Gasteiger partial charge is 0.203 e. The Balaban J connectivity index is 1.77. The van der Waals surface area contributed by atoms with E-state index in [0.717, 1.165) is 22.2 Å². The maximum absolute atomic E-state index is 4.64. The van der Waals surface area contributed by atoms with Crippen molar-refractivity contribution in [2.75, 3.05) is 5.32 Å². The second-order valence-corrected chi connectivity index (χ2v) is 7.69. The van der Waals surface area contributed by atoms with E-state index >= 15 is 0 Å². The first-order valence-electron chi connectivity index (χ1n) is 8.07. The number of nitrogens with one attached hydrogen (secondary N) is 1. The predicted octanol–water partition coefficient (Wildman–Crippen LogP) is 4.64. The van der Waals surface area contributed by atoms with Crippen LogP contribution >= 0.6 is 11.5 Å². The molecule has 0 spiro atoms. The van der Waals surface area contributed by atoms with Gasteiger partial charge in [0, 0.05) is 28.9 Å². The molecule has 0 bridgehead atoms. The number of aromatic nitrogens is 4. The van der Waals surface area contributed by atoms with Gasteiger partial charge in [0.25, 0.3) is 0 Å². The van der Waals surface area contributed by atoms with Crippen LogP contribution in [0.5, 0.6) is 0 Å². The van der Waals surface area contributed by atoms with E-state index in [-0.39, 0.29) is 11.6 Å². The Hall–Kier alpha value is -2.21. The average molecular weight is 341 g/mol. The molecule has 2 aromatic heterocycles. The van der Waals surface area contributed by atoms with Crippen molar-refractivity contribution in [2.24, 2.45) is 0 Å². The van der Waals surface area contributed by atoms with Gasteiger partial charge in [-0.15, -0.1) is 0 Å². The first-order chi connectivity index (χ1) is 11.3. The van der Waals surface area contributed by atoms with Crippen molar-refractivity contribution in [3.8, 4) is 11.4 Å². The van der Waals surface area contributed by atoms with Crippen LogP contribution in [0.3, 0.4) is 0 Å². The quantitative estimate of drug-likeness (QED) is 0.751. The number of hydrogen-bond acceptors (Lipinski definition) is 5. The molecule has 1 N–H and O–H groups in total. The molecule has 1 atom stereocenters. The van der Waals surface area contributed by atoms with Gasteiger partial charge in [0.2, 0.25) is 5.13 Å².